The maximum atomic E-state index is 11.2. The maximum Gasteiger partial charge on any atom is 0.225 e. The molecule has 23 heavy (non-hydrogen) atoms. The number of nitrogens with zero attached hydrogens (tertiary/aromatic N) is 3. The van der Waals surface area contributed by atoms with E-state index in [-0.39, 0.29) is 6.42 Å². The maximum absolute atomic E-state index is 11.2. The van der Waals surface area contributed by atoms with Crippen LogP contribution in [0, 0.1) is 0 Å². The molecule has 1 amide bonds. The fourth-order valence-electron chi connectivity index (χ4n) is 2.96. The van der Waals surface area contributed by atoms with Gasteiger partial charge in [0.2, 0.25) is 5.91 Å². The topological polar surface area (TPSA) is 94.0 Å². The Morgan fingerprint density at radius 2 is 2.26 bits per heavy atom. The second-order valence-electron chi connectivity index (χ2n) is 6.00. The third-order valence-corrected chi connectivity index (χ3v) is 5.29. The number of amides is 1. The molecule has 6 nitrogen and oxygen atoms in total. The number of nitrogens with two attached hydrogens (primary N) is 1. The van der Waals surface area contributed by atoms with Crippen LogP contribution in [-0.4, -0.2) is 31.9 Å². The van der Waals surface area contributed by atoms with Gasteiger partial charge in [0.05, 0.1) is 19.1 Å². The van der Waals surface area contributed by atoms with Crippen molar-refractivity contribution in [3.8, 4) is 11.4 Å². The van der Waals surface area contributed by atoms with Crippen molar-refractivity contribution in [2.75, 3.05) is 0 Å². The third-order valence-electron chi connectivity index (χ3n) is 4.21. The molecule has 1 aliphatic carbocycles. The molecule has 1 aliphatic rings. The van der Waals surface area contributed by atoms with Gasteiger partial charge in [-0.1, -0.05) is 6.92 Å². The Hall–Kier alpha value is -1.73. The summed E-state index contributed by atoms with van der Waals surface area (Å²) in [6.45, 7) is 2.31. The van der Waals surface area contributed by atoms with Crippen molar-refractivity contribution in [2.24, 2.45) is 5.73 Å². The molecule has 3 rings (SSSR count). The Kier molecular flexibility index (Phi) is 4.77. The molecule has 0 radical (unpaired) electrons. The van der Waals surface area contributed by atoms with E-state index >= 15 is 0 Å². The third kappa shape index (κ3) is 3.45. The molecule has 3 N–H and O–H groups in total. The molecular weight excluding hydrogens is 312 g/mol. The summed E-state index contributed by atoms with van der Waals surface area (Å²) in [5.74, 6) is 0.719. The molecule has 0 saturated heterocycles. The van der Waals surface area contributed by atoms with Gasteiger partial charge in [-0.3, -0.25) is 4.79 Å². The first-order valence-electron chi connectivity index (χ1n) is 8.08. The summed E-state index contributed by atoms with van der Waals surface area (Å²) in [7, 11) is 0. The number of fused-ring (bicyclic) bond motifs is 1. The zero-order chi connectivity index (χ0) is 16.4. The van der Waals surface area contributed by atoms with Crippen LogP contribution in [0.2, 0.25) is 0 Å². The summed E-state index contributed by atoms with van der Waals surface area (Å²) in [5, 5.41) is 16.5. The normalized spacial score (nSPS) is 15.4. The van der Waals surface area contributed by atoms with E-state index in [1.807, 2.05) is 6.92 Å². The predicted molar refractivity (Wildman–Crippen MR) is 89.2 cm³/mol. The highest BCUT2D eigenvalue weighted by atomic mass is 32.1. The van der Waals surface area contributed by atoms with Gasteiger partial charge in [-0.25, -0.2) is 9.67 Å². The summed E-state index contributed by atoms with van der Waals surface area (Å²) in [5.41, 5.74) is 7.71. The Labute approximate surface area is 139 Å². The molecule has 0 saturated carbocycles. The first-order valence-corrected chi connectivity index (χ1v) is 8.96. The molecular formula is C16H22N4O2S. The van der Waals surface area contributed by atoms with Gasteiger partial charge in [-0.15, -0.1) is 11.3 Å². The molecule has 0 aromatic carbocycles. The molecule has 2 heterocycles. The van der Waals surface area contributed by atoms with Gasteiger partial charge in [0, 0.05) is 15.8 Å². The van der Waals surface area contributed by atoms with E-state index < -0.39 is 12.0 Å². The highest BCUT2D eigenvalue weighted by Crippen LogP contribution is 2.35. The van der Waals surface area contributed by atoms with E-state index in [0.717, 1.165) is 24.2 Å². The highest BCUT2D eigenvalue weighted by Gasteiger charge is 2.22. The van der Waals surface area contributed by atoms with Crippen LogP contribution < -0.4 is 5.73 Å². The molecule has 1 atom stereocenters. The van der Waals surface area contributed by atoms with E-state index in [4.69, 9.17) is 5.73 Å². The minimum Gasteiger partial charge on any atom is -0.391 e. The standard InChI is InChI=1S/C16H22N4O2S/c1-2-10(21)8-20-16(18-15(19-20)7-14(17)22)12-9-23-13-6-4-3-5-11(12)13/h9-10,21H,2-8H2,1H3,(H2,17,22)/t10-/m1/s1. The van der Waals surface area contributed by atoms with E-state index in [1.165, 1.54) is 23.3 Å². The molecule has 2 aromatic rings. The van der Waals surface area contributed by atoms with Crippen molar-refractivity contribution in [3.05, 3.63) is 21.6 Å². The Morgan fingerprint density at radius 1 is 1.48 bits per heavy atom. The van der Waals surface area contributed by atoms with Crippen LogP contribution in [0.4, 0.5) is 0 Å². The van der Waals surface area contributed by atoms with Gasteiger partial charge >= 0.3 is 0 Å². The molecule has 0 fully saturated rings. The number of rotatable bonds is 6. The molecule has 0 bridgehead atoms. The number of aryl methyl sites for hydroxylation is 1. The van der Waals surface area contributed by atoms with Crippen molar-refractivity contribution >= 4 is 17.2 Å². The van der Waals surface area contributed by atoms with Crippen LogP contribution in [-0.2, 0) is 30.6 Å². The second kappa shape index (κ2) is 6.80. The largest absolute Gasteiger partial charge is 0.391 e. The zero-order valence-electron chi connectivity index (χ0n) is 13.3. The van der Waals surface area contributed by atoms with Gasteiger partial charge in [-0.2, -0.15) is 5.10 Å². The molecule has 0 spiro atoms. The second-order valence-corrected chi connectivity index (χ2v) is 6.96. The van der Waals surface area contributed by atoms with E-state index in [0.29, 0.717) is 18.8 Å². The van der Waals surface area contributed by atoms with Crippen LogP contribution in [0.15, 0.2) is 5.38 Å². The lowest BCUT2D eigenvalue weighted by molar-refractivity contribution is -0.117. The van der Waals surface area contributed by atoms with Gasteiger partial charge in [-0.05, 0) is 37.7 Å². The fourth-order valence-corrected chi connectivity index (χ4v) is 4.08. The molecule has 2 aromatic heterocycles. The zero-order valence-corrected chi connectivity index (χ0v) is 14.1. The van der Waals surface area contributed by atoms with Crippen molar-refractivity contribution in [3.63, 3.8) is 0 Å². The van der Waals surface area contributed by atoms with Crippen molar-refractivity contribution < 1.29 is 9.90 Å². The van der Waals surface area contributed by atoms with Crippen LogP contribution in [0.25, 0.3) is 11.4 Å². The number of carbonyl (C=O) groups excluding carboxylic acids is 1. The number of thiophene rings is 1. The molecule has 7 heteroatoms. The van der Waals surface area contributed by atoms with E-state index in [1.54, 1.807) is 16.0 Å². The summed E-state index contributed by atoms with van der Waals surface area (Å²) >= 11 is 1.77. The Morgan fingerprint density at radius 3 is 3.00 bits per heavy atom. The predicted octanol–water partition coefficient (Wildman–Crippen LogP) is 1.68. The highest BCUT2D eigenvalue weighted by molar-refractivity contribution is 7.10. The lowest BCUT2D eigenvalue weighted by Crippen LogP contribution is -2.18. The summed E-state index contributed by atoms with van der Waals surface area (Å²) < 4.78 is 1.73. The van der Waals surface area contributed by atoms with E-state index in [2.05, 4.69) is 15.5 Å². The van der Waals surface area contributed by atoms with Gasteiger partial charge in [0.15, 0.2) is 11.6 Å². The number of carbonyl (C=O) groups is 1. The van der Waals surface area contributed by atoms with Crippen LogP contribution >= 0.6 is 11.3 Å². The fraction of sp³-hybridized carbons (Fsp3) is 0.562. The monoisotopic (exact) mass is 334 g/mol. The molecule has 124 valence electrons. The minimum absolute atomic E-state index is 0.0224. The smallest absolute Gasteiger partial charge is 0.225 e. The van der Waals surface area contributed by atoms with Crippen molar-refractivity contribution in [1.82, 2.24) is 14.8 Å². The Balaban J connectivity index is 2.00. The first-order chi connectivity index (χ1) is 11.1. The molecule has 0 aliphatic heterocycles. The first kappa shape index (κ1) is 16.1. The lowest BCUT2D eigenvalue weighted by atomic mass is 9.95. The van der Waals surface area contributed by atoms with Gasteiger partial charge in [0.1, 0.15) is 0 Å². The van der Waals surface area contributed by atoms with E-state index in [9.17, 15) is 9.90 Å². The SMILES string of the molecule is CC[C@@H](O)Cn1nc(CC(N)=O)nc1-c1csc2c1CCCC2. The number of aliphatic hydroxyl groups is 1. The summed E-state index contributed by atoms with van der Waals surface area (Å²) in [6.07, 6.45) is 4.80. The van der Waals surface area contributed by atoms with Crippen molar-refractivity contribution in [1.29, 1.82) is 0 Å². The van der Waals surface area contributed by atoms with Crippen LogP contribution in [0.1, 0.15) is 42.5 Å². The van der Waals surface area contributed by atoms with Crippen LogP contribution in [0.3, 0.4) is 0 Å². The van der Waals surface area contributed by atoms with Crippen molar-refractivity contribution in [2.45, 2.75) is 58.1 Å². The minimum atomic E-state index is -0.480. The number of primary amides is 1. The number of aliphatic hydroxyl groups excluding tert-OH is 1. The average Bonchev–Trinajstić information content (AvgIpc) is 3.10. The number of hydrogen-bond acceptors (Lipinski definition) is 5. The average molecular weight is 334 g/mol. The van der Waals surface area contributed by atoms with Crippen LogP contribution in [0.5, 0.6) is 0 Å². The summed E-state index contributed by atoms with van der Waals surface area (Å²) in [4.78, 5) is 17.1. The number of hydrogen-bond donors (Lipinski definition) is 2. The lowest BCUT2D eigenvalue weighted by Gasteiger charge is -2.14. The number of aromatic nitrogens is 3. The Bertz CT molecular complexity index is 707. The quantitative estimate of drug-likeness (QED) is 0.840. The van der Waals surface area contributed by atoms with Gasteiger partial charge < -0.3 is 10.8 Å². The molecule has 0 unspecified atom stereocenters. The summed E-state index contributed by atoms with van der Waals surface area (Å²) in [6, 6.07) is 0. The van der Waals surface area contributed by atoms with Gasteiger partial charge in [0.25, 0.3) is 0 Å².